The lowest BCUT2D eigenvalue weighted by atomic mass is 10.0. The Morgan fingerprint density at radius 2 is 2.20 bits per heavy atom. The Labute approximate surface area is 211 Å². The molecule has 184 valence electrons. The average molecular weight is 540 g/mol. The molecule has 3 N–H and O–H groups in total. The normalized spacial score (nSPS) is 19.8. The summed E-state index contributed by atoms with van der Waals surface area (Å²) >= 11 is 8.52. The maximum absolute atomic E-state index is 12.9. The molecule has 1 aromatic heterocycles. The van der Waals surface area contributed by atoms with Gasteiger partial charge in [0.15, 0.2) is 5.71 Å². The van der Waals surface area contributed by atoms with Gasteiger partial charge < -0.3 is 20.4 Å². The topological polar surface area (TPSA) is 172 Å². The number of nitrogens with one attached hydrogen (secondary N) is 1. The number of carboxylic acids is 1. The lowest BCUT2D eigenvalue weighted by molar-refractivity contribution is -0.150. The summed E-state index contributed by atoms with van der Waals surface area (Å²) in [5.41, 5.74) is 0.536. The first kappa shape index (κ1) is 24.8. The highest BCUT2D eigenvalue weighted by Crippen LogP contribution is 2.41. The number of hydrogen-bond donors (Lipinski definition) is 3. The van der Waals surface area contributed by atoms with Gasteiger partial charge in [0.25, 0.3) is 11.8 Å². The number of aromatic nitrogens is 4. The Balaban J connectivity index is 1.51. The molecule has 2 aromatic rings. The van der Waals surface area contributed by atoms with Crippen molar-refractivity contribution in [2.45, 2.75) is 16.6 Å². The van der Waals surface area contributed by atoms with Gasteiger partial charge in [-0.25, -0.2) is 9.48 Å². The van der Waals surface area contributed by atoms with Gasteiger partial charge in [-0.15, -0.1) is 16.9 Å². The molecule has 0 bridgehead atoms. The number of nitrogens with zero attached hydrogens (tertiary/aromatic N) is 6. The van der Waals surface area contributed by atoms with Crippen molar-refractivity contribution in [3.05, 3.63) is 40.1 Å². The van der Waals surface area contributed by atoms with E-state index < -0.39 is 29.2 Å². The number of hydrogen-bond acceptors (Lipinski definition) is 11. The minimum absolute atomic E-state index is 0.00609. The quantitative estimate of drug-likeness (QED) is 0.184. The smallest absolute Gasteiger partial charge is 0.352 e. The van der Waals surface area contributed by atoms with E-state index in [1.54, 1.807) is 7.05 Å². The van der Waals surface area contributed by atoms with Crippen molar-refractivity contribution in [2.24, 2.45) is 12.2 Å². The zero-order valence-electron chi connectivity index (χ0n) is 18.2. The van der Waals surface area contributed by atoms with Crippen LogP contribution in [0.2, 0.25) is 5.02 Å². The first-order chi connectivity index (χ1) is 16.7. The van der Waals surface area contributed by atoms with Gasteiger partial charge in [-0.2, -0.15) is 0 Å². The van der Waals surface area contributed by atoms with E-state index in [9.17, 15) is 24.6 Å². The van der Waals surface area contributed by atoms with Crippen LogP contribution in [0.15, 0.2) is 39.8 Å². The highest BCUT2D eigenvalue weighted by Gasteiger charge is 2.54. The van der Waals surface area contributed by atoms with Crippen molar-refractivity contribution in [1.82, 2.24) is 30.4 Å². The average Bonchev–Trinajstić information content (AvgIpc) is 3.25. The number of halogens is 1. The van der Waals surface area contributed by atoms with Crippen molar-refractivity contribution < 1.29 is 29.4 Å². The summed E-state index contributed by atoms with van der Waals surface area (Å²) in [6.07, 6.45) is 0. The largest absolute Gasteiger partial charge is 0.506 e. The van der Waals surface area contributed by atoms with Crippen LogP contribution in [0.4, 0.5) is 0 Å². The molecular weight excluding hydrogens is 522 g/mol. The molecular formula is C19H18ClN7O6S2. The number of carboxylic acid groups (broad SMARTS) is 1. The van der Waals surface area contributed by atoms with E-state index in [1.807, 2.05) is 0 Å². The Kier molecular flexibility index (Phi) is 7.18. The number of aryl methyl sites for hydroxylation is 1. The first-order valence-corrected chi connectivity index (χ1v) is 12.3. The second-order valence-corrected chi connectivity index (χ2v) is 9.74. The molecule has 0 spiro atoms. The third kappa shape index (κ3) is 4.78. The number of carbonyl (C=O) groups is 3. The van der Waals surface area contributed by atoms with Crippen molar-refractivity contribution in [3.63, 3.8) is 0 Å². The number of benzene rings is 1. The summed E-state index contributed by atoms with van der Waals surface area (Å²) in [6.45, 7) is 0. The van der Waals surface area contributed by atoms with Crippen LogP contribution in [0.25, 0.3) is 0 Å². The van der Waals surface area contributed by atoms with E-state index in [2.05, 4.69) is 26.0 Å². The van der Waals surface area contributed by atoms with Crippen molar-refractivity contribution in [1.29, 1.82) is 0 Å². The maximum Gasteiger partial charge on any atom is 0.352 e. The van der Waals surface area contributed by atoms with E-state index in [1.165, 1.54) is 58.4 Å². The van der Waals surface area contributed by atoms with Gasteiger partial charge in [-0.3, -0.25) is 14.5 Å². The molecule has 1 unspecified atom stereocenters. The summed E-state index contributed by atoms with van der Waals surface area (Å²) in [6, 6.07) is 3.09. The van der Waals surface area contributed by atoms with Crippen LogP contribution in [0.1, 0.15) is 5.56 Å². The van der Waals surface area contributed by atoms with Gasteiger partial charge in [0.1, 0.15) is 30.0 Å². The van der Waals surface area contributed by atoms with Gasteiger partial charge >= 0.3 is 5.97 Å². The van der Waals surface area contributed by atoms with Gasteiger partial charge in [0.05, 0.1) is 5.02 Å². The minimum Gasteiger partial charge on any atom is -0.506 e. The SMILES string of the molecule is CON=C(C(=O)NC1C(=O)N2C(C(=O)O)=C(CSc3nnnn3C)CS[C@@H]12)c1ccc(O)c(Cl)c1. The molecule has 2 aliphatic rings. The molecule has 16 heteroatoms. The summed E-state index contributed by atoms with van der Waals surface area (Å²) in [4.78, 5) is 43.8. The van der Waals surface area contributed by atoms with Crippen LogP contribution >= 0.6 is 35.1 Å². The van der Waals surface area contributed by atoms with E-state index in [0.29, 0.717) is 16.5 Å². The Morgan fingerprint density at radius 1 is 1.43 bits per heavy atom. The van der Waals surface area contributed by atoms with Gasteiger partial charge in [-0.05, 0) is 34.2 Å². The molecule has 2 atom stereocenters. The summed E-state index contributed by atoms with van der Waals surface area (Å²) in [5.74, 6) is -2.06. The number of thioether (sulfide) groups is 2. The standard InChI is InChI=1S/C19H18ClN7O6S2/c1-26-19(22-24-25-26)35-7-9-6-34-17-13(16(30)27(17)14(9)18(31)32)21-15(29)12(23-33-2)8-3-4-11(28)10(20)5-8/h3-5,13,17,28H,6-7H2,1-2H3,(H,21,29)(H,31,32)/t13?,17-/m0/s1. The zero-order valence-corrected chi connectivity index (χ0v) is 20.6. The Morgan fingerprint density at radius 3 is 2.83 bits per heavy atom. The van der Waals surface area contributed by atoms with E-state index in [-0.39, 0.29) is 33.5 Å². The first-order valence-electron chi connectivity index (χ1n) is 9.89. The molecule has 0 saturated carbocycles. The fourth-order valence-electron chi connectivity index (χ4n) is 3.47. The molecule has 4 rings (SSSR count). The molecule has 0 radical (unpaired) electrons. The predicted molar refractivity (Wildman–Crippen MR) is 126 cm³/mol. The van der Waals surface area contributed by atoms with E-state index >= 15 is 0 Å². The second-order valence-electron chi connectivity index (χ2n) is 7.28. The van der Waals surface area contributed by atoms with Gasteiger partial charge in [0.2, 0.25) is 5.16 Å². The van der Waals surface area contributed by atoms with Crippen LogP contribution in [-0.4, -0.2) is 88.8 Å². The van der Waals surface area contributed by atoms with Crippen LogP contribution in [0.5, 0.6) is 5.75 Å². The highest BCUT2D eigenvalue weighted by atomic mass is 35.5. The van der Waals surface area contributed by atoms with E-state index in [0.717, 1.165) is 0 Å². The van der Waals surface area contributed by atoms with Gasteiger partial charge in [0, 0.05) is 24.1 Å². The zero-order chi connectivity index (χ0) is 25.3. The molecule has 1 aromatic carbocycles. The molecule has 35 heavy (non-hydrogen) atoms. The number of oxime groups is 1. The highest BCUT2D eigenvalue weighted by molar-refractivity contribution is 8.01. The number of β-lactam (4-membered cyclic amide) rings is 1. The Bertz CT molecular complexity index is 1270. The maximum atomic E-state index is 12.9. The number of phenols is 1. The summed E-state index contributed by atoms with van der Waals surface area (Å²) in [5, 5.41) is 36.8. The number of aromatic hydroxyl groups is 1. The number of amides is 2. The number of aliphatic carboxylic acids is 1. The number of carbonyl (C=O) groups excluding carboxylic acids is 2. The lowest BCUT2D eigenvalue weighted by Gasteiger charge is -2.49. The summed E-state index contributed by atoms with van der Waals surface area (Å²) < 4.78 is 1.46. The molecule has 2 aliphatic heterocycles. The van der Waals surface area contributed by atoms with Crippen LogP contribution < -0.4 is 5.32 Å². The minimum atomic E-state index is -1.24. The van der Waals surface area contributed by atoms with Crippen LogP contribution in [-0.2, 0) is 26.3 Å². The third-order valence-electron chi connectivity index (χ3n) is 5.11. The fraction of sp³-hybridized carbons (Fsp3) is 0.316. The Hall–Kier alpha value is -3.30. The molecule has 1 saturated heterocycles. The molecule has 1 fully saturated rings. The van der Waals surface area contributed by atoms with Gasteiger partial charge in [-0.1, -0.05) is 28.5 Å². The van der Waals surface area contributed by atoms with Crippen LogP contribution in [0, 0.1) is 0 Å². The molecule has 2 amide bonds. The molecule has 0 aliphatic carbocycles. The van der Waals surface area contributed by atoms with Crippen molar-refractivity contribution in [3.8, 4) is 5.75 Å². The van der Waals surface area contributed by atoms with E-state index in [4.69, 9.17) is 16.4 Å². The number of rotatable bonds is 8. The lowest BCUT2D eigenvalue weighted by Crippen LogP contribution is -2.71. The van der Waals surface area contributed by atoms with Crippen LogP contribution in [0.3, 0.4) is 0 Å². The second kappa shape index (κ2) is 10.1. The number of tetrazole rings is 1. The summed E-state index contributed by atoms with van der Waals surface area (Å²) in [7, 11) is 2.92. The molecule has 13 nitrogen and oxygen atoms in total. The third-order valence-corrected chi connectivity index (χ3v) is 7.85. The monoisotopic (exact) mass is 539 g/mol. The van der Waals surface area contributed by atoms with Crippen molar-refractivity contribution >= 4 is 58.6 Å². The molecule has 3 heterocycles. The number of fused-ring (bicyclic) bond motifs is 1. The predicted octanol–water partition coefficient (Wildman–Crippen LogP) is 0.451. The number of phenolic OH excluding ortho intramolecular Hbond substituents is 1. The van der Waals surface area contributed by atoms with Crippen molar-refractivity contribution in [2.75, 3.05) is 18.6 Å². The fourth-order valence-corrected chi connectivity index (χ4v) is 5.99.